The predicted molar refractivity (Wildman–Crippen MR) is 94.4 cm³/mol. The van der Waals surface area contributed by atoms with Crippen molar-refractivity contribution in [2.75, 3.05) is 13.1 Å². The molecule has 0 radical (unpaired) electrons. The van der Waals surface area contributed by atoms with Gasteiger partial charge in [0.05, 0.1) is 17.6 Å². The van der Waals surface area contributed by atoms with E-state index < -0.39 is 0 Å². The van der Waals surface area contributed by atoms with Crippen molar-refractivity contribution in [3.63, 3.8) is 0 Å². The Morgan fingerprint density at radius 3 is 2.76 bits per heavy atom. The van der Waals surface area contributed by atoms with Crippen molar-refractivity contribution in [1.82, 2.24) is 19.9 Å². The van der Waals surface area contributed by atoms with Gasteiger partial charge in [0.2, 0.25) is 5.91 Å². The van der Waals surface area contributed by atoms with Crippen molar-refractivity contribution < 1.29 is 4.79 Å². The standard InChI is InChI=1S/C20H24N4O/c1-20(8-9-20)18-13-24(22-21-18)17-5-3-2-4-14(17)6-7-19(25)23-11-15-10-16(15)12-23/h2-5,13,15-16H,6-12H2,1H3. The summed E-state index contributed by atoms with van der Waals surface area (Å²) in [6.45, 7) is 4.21. The quantitative estimate of drug-likeness (QED) is 0.843. The maximum Gasteiger partial charge on any atom is 0.222 e. The minimum absolute atomic E-state index is 0.222. The number of hydrogen-bond acceptors (Lipinski definition) is 3. The molecule has 5 rings (SSSR count). The smallest absolute Gasteiger partial charge is 0.222 e. The van der Waals surface area contributed by atoms with E-state index in [-0.39, 0.29) is 5.41 Å². The third kappa shape index (κ3) is 2.75. The van der Waals surface area contributed by atoms with E-state index >= 15 is 0 Å². The highest BCUT2D eigenvalue weighted by molar-refractivity contribution is 5.77. The van der Waals surface area contributed by atoms with E-state index in [1.165, 1.54) is 19.3 Å². The van der Waals surface area contributed by atoms with Crippen molar-refractivity contribution >= 4 is 5.91 Å². The summed E-state index contributed by atoms with van der Waals surface area (Å²) in [5, 5.41) is 8.72. The van der Waals surface area contributed by atoms with Gasteiger partial charge in [-0.1, -0.05) is 30.3 Å². The molecule has 3 fully saturated rings. The molecule has 5 nitrogen and oxygen atoms in total. The molecule has 2 saturated carbocycles. The van der Waals surface area contributed by atoms with Gasteiger partial charge < -0.3 is 4.90 Å². The van der Waals surface area contributed by atoms with Crippen LogP contribution in [0.1, 0.15) is 43.9 Å². The zero-order valence-corrected chi connectivity index (χ0v) is 14.7. The molecule has 1 aliphatic heterocycles. The van der Waals surface area contributed by atoms with Gasteiger partial charge in [-0.05, 0) is 49.1 Å². The van der Waals surface area contributed by atoms with Crippen LogP contribution in [0.2, 0.25) is 0 Å². The lowest BCUT2D eigenvalue weighted by molar-refractivity contribution is -0.130. The summed E-state index contributed by atoms with van der Waals surface area (Å²) in [7, 11) is 0. The predicted octanol–water partition coefficient (Wildman–Crippen LogP) is 2.73. The second-order valence-corrected chi connectivity index (χ2v) is 8.29. The topological polar surface area (TPSA) is 51.0 Å². The van der Waals surface area contributed by atoms with E-state index in [0.717, 1.165) is 48.3 Å². The van der Waals surface area contributed by atoms with Crippen LogP contribution < -0.4 is 0 Å². The first-order chi connectivity index (χ1) is 12.1. The van der Waals surface area contributed by atoms with Gasteiger partial charge in [-0.15, -0.1) is 5.10 Å². The molecule has 2 aliphatic carbocycles. The van der Waals surface area contributed by atoms with Gasteiger partial charge in [0.15, 0.2) is 0 Å². The summed E-state index contributed by atoms with van der Waals surface area (Å²) < 4.78 is 1.88. The molecule has 2 heterocycles. The molecule has 1 saturated heterocycles. The summed E-state index contributed by atoms with van der Waals surface area (Å²) in [5.41, 5.74) is 3.51. The Balaban J connectivity index is 1.30. The van der Waals surface area contributed by atoms with Gasteiger partial charge in [-0.2, -0.15) is 0 Å². The Labute approximate surface area is 148 Å². The Kier molecular flexibility index (Phi) is 3.27. The summed E-state index contributed by atoms with van der Waals surface area (Å²) in [4.78, 5) is 14.5. The number of rotatable bonds is 5. The van der Waals surface area contributed by atoms with E-state index in [1.54, 1.807) is 0 Å². The number of nitrogens with zero attached hydrogens (tertiary/aromatic N) is 4. The Hall–Kier alpha value is -2.17. The second-order valence-electron chi connectivity index (χ2n) is 8.29. The average Bonchev–Trinajstić information content (AvgIpc) is 3.43. The van der Waals surface area contributed by atoms with E-state index in [4.69, 9.17) is 0 Å². The number of carbonyl (C=O) groups is 1. The number of benzene rings is 1. The maximum absolute atomic E-state index is 12.5. The molecule has 3 aliphatic rings. The zero-order chi connectivity index (χ0) is 17.0. The molecular formula is C20H24N4O. The number of hydrogen-bond donors (Lipinski definition) is 0. The summed E-state index contributed by atoms with van der Waals surface area (Å²) in [6, 6.07) is 8.23. The van der Waals surface area contributed by atoms with E-state index in [0.29, 0.717) is 12.3 Å². The lowest BCUT2D eigenvalue weighted by Crippen LogP contribution is -2.30. The highest BCUT2D eigenvalue weighted by atomic mass is 16.2. The van der Waals surface area contributed by atoms with Gasteiger partial charge in [-0.25, -0.2) is 4.68 Å². The van der Waals surface area contributed by atoms with Crippen molar-refractivity contribution in [1.29, 1.82) is 0 Å². The van der Waals surface area contributed by atoms with Gasteiger partial charge in [0.25, 0.3) is 0 Å². The van der Waals surface area contributed by atoms with Crippen LogP contribution in [-0.2, 0) is 16.6 Å². The third-order valence-corrected chi connectivity index (χ3v) is 6.29. The number of piperidine rings is 1. The van der Waals surface area contributed by atoms with E-state index in [2.05, 4.69) is 40.5 Å². The molecule has 1 aromatic heterocycles. The number of fused-ring (bicyclic) bond motifs is 1. The number of para-hydroxylation sites is 1. The minimum atomic E-state index is 0.222. The molecule has 1 amide bonds. The Morgan fingerprint density at radius 2 is 2.00 bits per heavy atom. The number of carbonyl (C=O) groups excluding carboxylic acids is 1. The molecule has 2 atom stereocenters. The highest BCUT2D eigenvalue weighted by Gasteiger charge is 2.46. The fourth-order valence-corrected chi connectivity index (χ4v) is 4.05. The molecule has 2 unspecified atom stereocenters. The van der Waals surface area contributed by atoms with E-state index in [1.807, 2.05) is 16.8 Å². The van der Waals surface area contributed by atoms with Crippen molar-refractivity contribution in [3.05, 3.63) is 41.7 Å². The van der Waals surface area contributed by atoms with Crippen LogP contribution in [0.15, 0.2) is 30.5 Å². The first-order valence-corrected chi connectivity index (χ1v) is 9.41. The van der Waals surface area contributed by atoms with Gasteiger partial charge in [0.1, 0.15) is 0 Å². The average molecular weight is 336 g/mol. The number of amides is 1. The summed E-state index contributed by atoms with van der Waals surface area (Å²) in [5.74, 6) is 1.90. The lowest BCUT2D eigenvalue weighted by Gasteiger charge is -2.18. The molecule has 0 spiro atoms. The van der Waals surface area contributed by atoms with Crippen LogP contribution in [0.5, 0.6) is 0 Å². The summed E-state index contributed by atoms with van der Waals surface area (Å²) >= 11 is 0. The lowest BCUT2D eigenvalue weighted by atomic mass is 10.1. The van der Waals surface area contributed by atoms with Crippen LogP contribution in [0, 0.1) is 11.8 Å². The largest absolute Gasteiger partial charge is 0.342 e. The summed E-state index contributed by atoms with van der Waals surface area (Å²) in [6.07, 6.45) is 7.12. The molecule has 0 bridgehead atoms. The minimum Gasteiger partial charge on any atom is -0.342 e. The number of likely N-dealkylation sites (tertiary alicyclic amines) is 1. The van der Waals surface area contributed by atoms with Crippen LogP contribution in [-0.4, -0.2) is 38.9 Å². The number of aryl methyl sites for hydroxylation is 1. The first kappa shape index (κ1) is 15.1. The van der Waals surface area contributed by atoms with Crippen LogP contribution in [0.3, 0.4) is 0 Å². The monoisotopic (exact) mass is 336 g/mol. The Bertz CT molecular complexity index is 813. The van der Waals surface area contributed by atoms with E-state index in [9.17, 15) is 4.79 Å². The van der Waals surface area contributed by atoms with Crippen molar-refractivity contribution in [3.8, 4) is 5.69 Å². The third-order valence-electron chi connectivity index (χ3n) is 6.29. The molecule has 0 N–H and O–H groups in total. The van der Waals surface area contributed by atoms with Gasteiger partial charge in [0, 0.05) is 24.9 Å². The normalized spacial score (nSPS) is 25.7. The molecular weight excluding hydrogens is 312 g/mol. The highest BCUT2D eigenvalue weighted by Crippen LogP contribution is 2.46. The van der Waals surface area contributed by atoms with Crippen molar-refractivity contribution in [2.24, 2.45) is 11.8 Å². The molecule has 1 aromatic carbocycles. The first-order valence-electron chi connectivity index (χ1n) is 9.41. The van der Waals surface area contributed by atoms with Crippen LogP contribution in [0.25, 0.3) is 5.69 Å². The van der Waals surface area contributed by atoms with Gasteiger partial charge >= 0.3 is 0 Å². The SMILES string of the molecule is CC1(c2cn(-c3ccccc3CCC(=O)N3CC4CC4C3)nn2)CC1. The molecule has 5 heteroatoms. The molecule has 130 valence electrons. The fourth-order valence-electron chi connectivity index (χ4n) is 4.05. The molecule has 25 heavy (non-hydrogen) atoms. The fraction of sp³-hybridized carbons (Fsp3) is 0.550. The van der Waals surface area contributed by atoms with Crippen molar-refractivity contribution in [2.45, 2.75) is 44.4 Å². The van der Waals surface area contributed by atoms with Gasteiger partial charge in [-0.3, -0.25) is 4.79 Å². The molecule has 2 aromatic rings. The van der Waals surface area contributed by atoms with Crippen LogP contribution in [0.4, 0.5) is 0 Å². The number of aromatic nitrogens is 3. The second kappa shape index (κ2) is 5.41. The Morgan fingerprint density at radius 1 is 1.24 bits per heavy atom. The maximum atomic E-state index is 12.5. The van der Waals surface area contributed by atoms with Crippen LogP contribution >= 0.6 is 0 Å². The zero-order valence-electron chi connectivity index (χ0n) is 14.7.